The van der Waals surface area contributed by atoms with Crippen LogP contribution in [0, 0.1) is 13.8 Å². The van der Waals surface area contributed by atoms with E-state index in [-0.39, 0.29) is 17.9 Å². The number of nitrogens with zero attached hydrogens (tertiary/aromatic N) is 2. The largest absolute Gasteiger partial charge is 0.357 e. The molecule has 0 spiro atoms. The number of rotatable bonds is 11. The average Bonchev–Trinajstić information content (AvgIpc) is 2.99. The number of anilines is 1. The number of para-hydroxylation sites is 1. The van der Waals surface area contributed by atoms with E-state index in [1.807, 2.05) is 37.3 Å². The SMILES string of the molecule is CNC(=O)[C@@H](Cc1ccccc1)N(Cc1ccc(Cl)cc1Cl)C(=O)CN(c1ccccc1C)S(=O)(=O)c1ccc(C)cc1. The third-order valence-corrected chi connectivity index (χ3v) is 9.51. The smallest absolute Gasteiger partial charge is 0.264 e. The van der Waals surface area contributed by atoms with Crippen LogP contribution in [-0.4, -0.2) is 44.8 Å². The van der Waals surface area contributed by atoms with Gasteiger partial charge in [0, 0.05) is 30.1 Å². The van der Waals surface area contributed by atoms with Crippen molar-refractivity contribution >= 4 is 50.7 Å². The number of likely N-dealkylation sites (N-methyl/N-ethyl adjacent to an activating group) is 1. The summed E-state index contributed by atoms with van der Waals surface area (Å²) >= 11 is 12.6. The predicted octanol–water partition coefficient (Wildman–Crippen LogP) is 6.19. The van der Waals surface area contributed by atoms with Gasteiger partial charge in [-0.1, -0.05) is 95.5 Å². The van der Waals surface area contributed by atoms with Gasteiger partial charge in [-0.25, -0.2) is 8.42 Å². The second-order valence-corrected chi connectivity index (χ2v) is 12.9. The number of benzene rings is 4. The van der Waals surface area contributed by atoms with Gasteiger partial charge in [0.1, 0.15) is 12.6 Å². The first-order valence-corrected chi connectivity index (χ1v) is 15.8. The molecular formula is C33H33Cl2N3O4S. The van der Waals surface area contributed by atoms with Gasteiger partial charge in [-0.2, -0.15) is 0 Å². The summed E-state index contributed by atoms with van der Waals surface area (Å²) in [4.78, 5) is 29.2. The van der Waals surface area contributed by atoms with Gasteiger partial charge in [0.25, 0.3) is 10.0 Å². The van der Waals surface area contributed by atoms with Gasteiger partial charge in [0.05, 0.1) is 10.6 Å². The highest BCUT2D eigenvalue weighted by atomic mass is 35.5. The summed E-state index contributed by atoms with van der Waals surface area (Å²) in [7, 11) is -2.68. The standard InChI is InChI=1S/C33H33Cl2N3O4S/c1-23-13-17-28(18-14-23)43(41,42)38(30-12-8-7-9-24(30)2)22-32(39)37(21-26-15-16-27(34)20-29(26)35)31(33(40)36-3)19-25-10-5-4-6-11-25/h4-18,20,31H,19,21-22H2,1-3H3,(H,36,40)/t31-/m1/s1. The zero-order valence-electron chi connectivity index (χ0n) is 24.1. The van der Waals surface area contributed by atoms with E-state index in [0.717, 1.165) is 15.4 Å². The molecule has 0 fully saturated rings. The van der Waals surface area contributed by atoms with Gasteiger partial charge in [-0.3, -0.25) is 13.9 Å². The molecule has 4 rings (SSSR count). The quantitative estimate of drug-likeness (QED) is 0.212. The van der Waals surface area contributed by atoms with Gasteiger partial charge in [0.2, 0.25) is 11.8 Å². The number of carbonyl (C=O) groups is 2. The Bertz CT molecular complexity index is 1700. The van der Waals surface area contributed by atoms with E-state index in [2.05, 4.69) is 5.32 Å². The molecule has 0 aliphatic heterocycles. The van der Waals surface area contributed by atoms with Crippen molar-refractivity contribution in [2.75, 3.05) is 17.9 Å². The molecule has 4 aromatic rings. The number of amides is 2. The van der Waals surface area contributed by atoms with E-state index in [0.29, 0.717) is 26.9 Å². The van der Waals surface area contributed by atoms with Crippen molar-refractivity contribution in [3.05, 3.63) is 129 Å². The molecule has 4 aromatic carbocycles. The first-order valence-electron chi connectivity index (χ1n) is 13.6. The van der Waals surface area contributed by atoms with Crippen LogP contribution in [0.3, 0.4) is 0 Å². The molecule has 0 aliphatic carbocycles. The minimum atomic E-state index is -4.18. The molecule has 0 saturated heterocycles. The molecule has 1 N–H and O–H groups in total. The molecule has 1 atom stereocenters. The monoisotopic (exact) mass is 637 g/mol. The Morgan fingerprint density at radius 2 is 1.51 bits per heavy atom. The van der Waals surface area contributed by atoms with Gasteiger partial charge < -0.3 is 10.2 Å². The Labute approximate surface area is 263 Å². The zero-order chi connectivity index (χ0) is 31.1. The molecule has 43 heavy (non-hydrogen) atoms. The lowest BCUT2D eigenvalue weighted by Gasteiger charge is -2.34. The van der Waals surface area contributed by atoms with Crippen molar-refractivity contribution in [1.82, 2.24) is 10.2 Å². The number of nitrogens with one attached hydrogen (secondary N) is 1. The minimum absolute atomic E-state index is 0.0496. The molecule has 224 valence electrons. The highest BCUT2D eigenvalue weighted by Gasteiger charge is 2.35. The summed E-state index contributed by atoms with van der Waals surface area (Å²) in [6.07, 6.45) is 0.201. The van der Waals surface area contributed by atoms with Crippen LogP contribution in [0.4, 0.5) is 5.69 Å². The van der Waals surface area contributed by atoms with Gasteiger partial charge >= 0.3 is 0 Å². The van der Waals surface area contributed by atoms with E-state index in [1.54, 1.807) is 61.5 Å². The van der Waals surface area contributed by atoms with Crippen LogP contribution < -0.4 is 9.62 Å². The molecule has 0 heterocycles. The van der Waals surface area contributed by atoms with Gasteiger partial charge in [-0.15, -0.1) is 0 Å². The van der Waals surface area contributed by atoms with Crippen molar-refractivity contribution in [2.24, 2.45) is 0 Å². The maximum Gasteiger partial charge on any atom is 0.264 e. The van der Waals surface area contributed by atoms with E-state index in [1.165, 1.54) is 24.1 Å². The summed E-state index contributed by atoms with van der Waals surface area (Å²) in [5, 5.41) is 3.41. The average molecular weight is 639 g/mol. The molecule has 0 aromatic heterocycles. The van der Waals surface area contributed by atoms with Gasteiger partial charge in [-0.05, 0) is 60.9 Å². The molecule has 0 bridgehead atoms. The molecule has 7 nitrogen and oxygen atoms in total. The van der Waals surface area contributed by atoms with Crippen LogP contribution in [0.25, 0.3) is 0 Å². The van der Waals surface area contributed by atoms with Crippen LogP contribution >= 0.6 is 23.2 Å². The zero-order valence-corrected chi connectivity index (χ0v) is 26.5. The Kier molecular flexibility index (Phi) is 10.5. The fourth-order valence-electron chi connectivity index (χ4n) is 4.75. The Hall–Kier alpha value is -3.85. The Morgan fingerprint density at radius 3 is 2.14 bits per heavy atom. The number of carbonyl (C=O) groups excluding carboxylic acids is 2. The lowest BCUT2D eigenvalue weighted by atomic mass is 10.0. The summed E-state index contributed by atoms with van der Waals surface area (Å²) in [5.74, 6) is -0.972. The fourth-order valence-corrected chi connectivity index (χ4v) is 6.69. The van der Waals surface area contributed by atoms with Crippen LogP contribution in [0.2, 0.25) is 10.0 Å². The molecule has 2 amide bonds. The summed E-state index contributed by atoms with van der Waals surface area (Å²) < 4.78 is 29.3. The highest BCUT2D eigenvalue weighted by Crippen LogP contribution is 2.29. The van der Waals surface area contributed by atoms with Crippen LogP contribution in [0.15, 0.2) is 102 Å². The van der Waals surface area contributed by atoms with Crippen molar-refractivity contribution in [2.45, 2.75) is 37.8 Å². The third-order valence-electron chi connectivity index (χ3n) is 7.15. The van der Waals surface area contributed by atoms with Crippen molar-refractivity contribution in [3.63, 3.8) is 0 Å². The van der Waals surface area contributed by atoms with Crippen LogP contribution in [0.1, 0.15) is 22.3 Å². The second kappa shape index (κ2) is 14.1. The maximum absolute atomic E-state index is 14.4. The van der Waals surface area contributed by atoms with Crippen molar-refractivity contribution in [3.8, 4) is 0 Å². The first-order chi connectivity index (χ1) is 20.5. The highest BCUT2D eigenvalue weighted by molar-refractivity contribution is 7.92. The number of hydrogen-bond acceptors (Lipinski definition) is 4. The minimum Gasteiger partial charge on any atom is -0.357 e. The molecular weight excluding hydrogens is 605 g/mol. The summed E-state index contributed by atoms with van der Waals surface area (Å²) in [6, 6.07) is 26.7. The third kappa shape index (κ3) is 7.76. The first kappa shape index (κ1) is 32.1. The van der Waals surface area contributed by atoms with Gasteiger partial charge in [0.15, 0.2) is 0 Å². The number of sulfonamides is 1. The fraction of sp³-hybridized carbons (Fsp3) is 0.212. The molecule has 0 saturated carbocycles. The summed E-state index contributed by atoms with van der Waals surface area (Å²) in [6.45, 7) is 3.05. The molecule has 10 heteroatoms. The van der Waals surface area contributed by atoms with Crippen molar-refractivity contribution in [1.29, 1.82) is 0 Å². The number of hydrogen-bond donors (Lipinski definition) is 1. The normalized spacial score (nSPS) is 11.9. The second-order valence-electron chi connectivity index (χ2n) is 10.2. The van der Waals surface area contributed by atoms with E-state index >= 15 is 0 Å². The predicted molar refractivity (Wildman–Crippen MR) is 172 cm³/mol. The van der Waals surface area contributed by atoms with E-state index < -0.39 is 34.4 Å². The maximum atomic E-state index is 14.4. The summed E-state index contributed by atoms with van der Waals surface area (Å²) in [5.41, 5.74) is 3.33. The van der Waals surface area contributed by atoms with Crippen LogP contribution in [-0.2, 0) is 32.6 Å². The topological polar surface area (TPSA) is 86.8 Å². The number of aryl methyl sites for hydroxylation is 2. The molecule has 0 radical (unpaired) electrons. The molecule has 0 aliphatic rings. The Morgan fingerprint density at radius 1 is 0.860 bits per heavy atom. The van der Waals surface area contributed by atoms with Crippen molar-refractivity contribution < 1.29 is 18.0 Å². The van der Waals surface area contributed by atoms with E-state index in [4.69, 9.17) is 23.2 Å². The van der Waals surface area contributed by atoms with Crippen LogP contribution in [0.5, 0.6) is 0 Å². The number of halogens is 2. The molecule has 0 unspecified atom stereocenters. The lowest BCUT2D eigenvalue weighted by Crippen LogP contribution is -2.53. The van der Waals surface area contributed by atoms with E-state index in [9.17, 15) is 18.0 Å². The Balaban J connectivity index is 1.81. The lowest BCUT2D eigenvalue weighted by molar-refractivity contribution is -0.139.